The third kappa shape index (κ3) is 2.79. The number of aromatic hydroxyl groups is 1. The molecule has 0 aliphatic heterocycles. The van der Waals surface area contributed by atoms with E-state index >= 15 is 0 Å². The maximum atomic E-state index is 9.33. The van der Waals surface area contributed by atoms with Gasteiger partial charge in [-0.15, -0.1) is 0 Å². The summed E-state index contributed by atoms with van der Waals surface area (Å²) in [4.78, 5) is 0. The summed E-state index contributed by atoms with van der Waals surface area (Å²) in [6, 6.07) is 14.6. The summed E-state index contributed by atoms with van der Waals surface area (Å²) >= 11 is 0. The minimum absolute atomic E-state index is 0.173. The summed E-state index contributed by atoms with van der Waals surface area (Å²) in [5.41, 5.74) is 1.71. The molecule has 0 heterocycles. The fourth-order valence-electron chi connectivity index (χ4n) is 1.44. The normalized spacial score (nSPS) is 9.24. The molecule has 0 saturated heterocycles. The van der Waals surface area contributed by atoms with Crippen molar-refractivity contribution in [1.82, 2.24) is 0 Å². The van der Waals surface area contributed by atoms with Gasteiger partial charge in [0.25, 0.3) is 0 Å². The van der Waals surface area contributed by atoms with Crippen LogP contribution in [0.2, 0.25) is 0 Å². The van der Waals surface area contributed by atoms with Gasteiger partial charge in [-0.3, -0.25) is 0 Å². The fraction of sp³-hybridized carbons (Fsp3) is 0.0667. The Balaban J connectivity index is 2.34. The molecule has 0 bridgehead atoms. The lowest BCUT2D eigenvalue weighted by atomic mass is 10.1. The Morgan fingerprint density at radius 3 is 2.47 bits per heavy atom. The van der Waals surface area contributed by atoms with Gasteiger partial charge in [0.05, 0.1) is 12.7 Å². The molecule has 2 aromatic carbocycles. The summed E-state index contributed by atoms with van der Waals surface area (Å²) in [5.74, 6) is 6.82. The van der Waals surface area contributed by atoms with E-state index in [0.29, 0.717) is 5.75 Å². The predicted molar refractivity (Wildman–Crippen MR) is 67.1 cm³/mol. The van der Waals surface area contributed by atoms with Gasteiger partial charge in [0.2, 0.25) is 0 Å². The van der Waals surface area contributed by atoms with Crippen LogP contribution in [0.1, 0.15) is 11.1 Å². The largest absolute Gasteiger partial charge is 0.508 e. The fourth-order valence-corrected chi connectivity index (χ4v) is 1.44. The van der Waals surface area contributed by atoms with Gasteiger partial charge in [0.1, 0.15) is 11.5 Å². The Bertz CT molecular complexity index is 562. The van der Waals surface area contributed by atoms with Crippen LogP contribution in [0.5, 0.6) is 11.5 Å². The summed E-state index contributed by atoms with van der Waals surface area (Å²) in [5, 5.41) is 9.33. The Morgan fingerprint density at radius 1 is 1.00 bits per heavy atom. The molecule has 0 unspecified atom stereocenters. The van der Waals surface area contributed by atoms with Crippen molar-refractivity contribution in [3.63, 3.8) is 0 Å². The smallest absolute Gasteiger partial charge is 0.138 e. The number of phenolic OH excluding ortho intramolecular Hbond substituents is 1. The first-order valence-corrected chi connectivity index (χ1v) is 5.23. The van der Waals surface area contributed by atoms with Gasteiger partial charge in [-0.1, -0.05) is 30.0 Å². The predicted octanol–water partition coefficient (Wildman–Crippen LogP) is 2.80. The maximum absolute atomic E-state index is 9.33. The Kier molecular flexibility index (Phi) is 3.32. The molecule has 2 heteroatoms. The van der Waals surface area contributed by atoms with Crippen LogP contribution in [0.25, 0.3) is 0 Å². The molecule has 0 saturated carbocycles. The lowest BCUT2D eigenvalue weighted by Gasteiger charge is -2.02. The molecule has 84 valence electrons. The minimum atomic E-state index is 0.173. The number of benzene rings is 2. The van der Waals surface area contributed by atoms with E-state index in [-0.39, 0.29) is 5.75 Å². The van der Waals surface area contributed by atoms with E-state index in [2.05, 4.69) is 11.8 Å². The van der Waals surface area contributed by atoms with Gasteiger partial charge in [-0.2, -0.15) is 0 Å². The van der Waals surface area contributed by atoms with Crippen LogP contribution in [0.4, 0.5) is 0 Å². The topological polar surface area (TPSA) is 29.5 Å². The number of phenols is 1. The first-order chi connectivity index (χ1) is 8.29. The first kappa shape index (κ1) is 11.1. The van der Waals surface area contributed by atoms with Gasteiger partial charge >= 0.3 is 0 Å². The van der Waals surface area contributed by atoms with Crippen LogP contribution in [0.15, 0.2) is 48.5 Å². The van der Waals surface area contributed by atoms with Crippen molar-refractivity contribution in [3.8, 4) is 23.3 Å². The molecular weight excluding hydrogens is 212 g/mol. The molecule has 0 radical (unpaired) electrons. The molecule has 1 N–H and O–H groups in total. The number of rotatable bonds is 1. The Labute approximate surface area is 100 Å². The third-order valence-electron chi connectivity index (χ3n) is 2.30. The molecule has 2 aromatic rings. The van der Waals surface area contributed by atoms with Crippen LogP contribution < -0.4 is 4.74 Å². The quantitative estimate of drug-likeness (QED) is 0.755. The molecule has 2 nitrogen and oxygen atoms in total. The van der Waals surface area contributed by atoms with E-state index < -0.39 is 0 Å². The highest BCUT2D eigenvalue weighted by Crippen LogP contribution is 2.22. The molecular formula is C15H12O2. The maximum Gasteiger partial charge on any atom is 0.138 e. The first-order valence-electron chi connectivity index (χ1n) is 5.23. The van der Waals surface area contributed by atoms with E-state index in [1.54, 1.807) is 25.3 Å². The lowest BCUT2D eigenvalue weighted by Crippen LogP contribution is -1.87. The van der Waals surface area contributed by atoms with Crippen molar-refractivity contribution >= 4 is 0 Å². The zero-order valence-corrected chi connectivity index (χ0v) is 9.47. The van der Waals surface area contributed by atoms with E-state index in [4.69, 9.17) is 4.74 Å². The van der Waals surface area contributed by atoms with Crippen molar-refractivity contribution in [3.05, 3.63) is 59.7 Å². The minimum Gasteiger partial charge on any atom is -0.508 e. The van der Waals surface area contributed by atoms with Crippen LogP contribution >= 0.6 is 0 Å². The lowest BCUT2D eigenvalue weighted by molar-refractivity contribution is 0.406. The van der Waals surface area contributed by atoms with Gasteiger partial charge < -0.3 is 9.84 Å². The van der Waals surface area contributed by atoms with Crippen molar-refractivity contribution in [2.24, 2.45) is 0 Å². The highest BCUT2D eigenvalue weighted by Gasteiger charge is 2.00. The van der Waals surface area contributed by atoms with Crippen LogP contribution in [-0.4, -0.2) is 12.2 Å². The summed E-state index contributed by atoms with van der Waals surface area (Å²) in [6.45, 7) is 0. The second-order valence-corrected chi connectivity index (χ2v) is 3.50. The molecule has 0 aliphatic carbocycles. The monoisotopic (exact) mass is 224 g/mol. The Hall–Kier alpha value is -2.40. The van der Waals surface area contributed by atoms with Gasteiger partial charge in [0.15, 0.2) is 0 Å². The molecule has 0 atom stereocenters. The van der Waals surface area contributed by atoms with E-state index in [0.717, 1.165) is 11.1 Å². The SMILES string of the molecule is COc1cc(O)ccc1C#Cc1ccccc1. The summed E-state index contributed by atoms with van der Waals surface area (Å²) in [6.07, 6.45) is 0. The van der Waals surface area contributed by atoms with Crippen LogP contribution in [0, 0.1) is 11.8 Å². The number of hydrogen-bond acceptors (Lipinski definition) is 2. The standard InChI is InChI=1S/C15H12O2/c1-17-15-11-14(16)10-9-13(15)8-7-12-5-3-2-4-6-12/h2-6,9-11,16H,1H3. The number of methoxy groups -OCH3 is 1. The zero-order chi connectivity index (χ0) is 12.1. The highest BCUT2D eigenvalue weighted by atomic mass is 16.5. The highest BCUT2D eigenvalue weighted by molar-refractivity contribution is 5.52. The second kappa shape index (κ2) is 5.09. The third-order valence-corrected chi connectivity index (χ3v) is 2.30. The molecule has 0 aromatic heterocycles. The second-order valence-electron chi connectivity index (χ2n) is 3.50. The summed E-state index contributed by atoms with van der Waals surface area (Å²) < 4.78 is 5.15. The average Bonchev–Trinajstić information content (AvgIpc) is 2.38. The van der Waals surface area contributed by atoms with E-state index in [1.165, 1.54) is 0 Å². The van der Waals surface area contributed by atoms with Crippen molar-refractivity contribution in [2.75, 3.05) is 7.11 Å². The van der Waals surface area contributed by atoms with E-state index in [9.17, 15) is 5.11 Å². The van der Waals surface area contributed by atoms with E-state index in [1.807, 2.05) is 30.3 Å². The summed E-state index contributed by atoms with van der Waals surface area (Å²) in [7, 11) is 1.56. The zero-order valence-electron chi connectivity index (χ0n) is 9.47. The van der Waals surface area contributed by atoms with Crippen molar-refractivity contribution in [2.45, 2.75) is 0 Å². The molecule has 0 amide bonds. The number of ether oxygens (including phenoxy) is 1. The van der Waals surface area contributed by atoms with Crippen LogP contribution in [-0.2, 0) is 0 Å². The average molecular weight is 224 g/mol. The van der Waals surface area contributed by atoms with Gasteiger partial charge in [0, 0.05) is 11.6 Å². The van der Waals surface area contributed by atoms with Crippen molar-refractivity contribution in [1.29, 1.82) is 0 Å². The Morgan fingerprint density at radius 2 is 1.76 bits per heavy atom. The molecule has 0 spiro atoms. The van der Waals surface area contributed by atoms with Gasteiger partial charge in [-0.05, 0) is 24.3 Å². The van der Waals surface area contributed by atoms with Gasteiger partial charge in [-0.25, -0.2) is 0 Å². The number of hydrogen-bond donors (Lipinski definition) is 1. The molecule has 17 heavy (non-hydrogen) atoms. The van der Waals surface area contributed by atoms with Crippen molar-refractivity contribution < 1.29 is 9.84 Å². The molecule has 0 aliphatic rings. The molecule has 2 rings (SSSR count). The van der Waals surface area contributed by atoms with Crippen LogP contribution in [0.3, 0.4) is 0 Å². The molecule has 0 fully saturated rings.